The van der Waals surface area contributed by atoms with E-state index in [2.05, 4.69) is 22.2 Å². The molecule has 0 bridgehead atoms. The number of hydrazine groups is 1. The van der Waals surface area contributed by atoms with Crippen molar-refractivity contribution in [2.75, 3.05) is 32.1 Å². The van der Waals surface area contributed by atoms with Crippen LogP contribution in [0.2, 0.25) is 0 Å². The lowest BCUT2D eigenvalue weighted by molar-refractivity contribution is 0.144. The van der Waals surface area contributed by atoms with Gasteiger partial charge in [-0.3, -0.25) is 10.8 Å². The van der Waals surface area contributed by atoms with Crippen molar-refractivity contribution < 1.29 is 8.42 Å². The Morgan fingerprint density at radius 2 is 2.25 bits per heavy atom. The van der Waals surface area contributed by atoms with E-state index in [1.807, 2.05) is 7.05 Å². The molecule has 1 fully saturated rings. The van der Waals surface area contributed by atoms with E-state index in [4.69, 9.17) is 5.84 Å². The van der Waals surface area contributed by atoms with Crippen LogP contribution in [0.3, 0.4) is 0 Å². The Kier molecular flexibility index (Phi) is 4.59. The van der Waals surface area contributed by atoms with Crippen LogP contribution in [0.1, 0.15) is 13.3 Å². The van der Waals surface area contributed by atoms with Gasteiger partial charge >= 0.3 is 0 Å². The first-order valence-electron chi connectivity index (χ1n) is 6.61. The molecule has 1 saturated heterocycles. The van der Waals surface area contributed by atoms with Crippen LogP contribution >= 0.6 is 0 Å². The third-order valence-electron chi connectivity index (χ3n) is 3.77. The number of likely N-dealkylation sites (N-methyl/N-ethyl adjacent to an activating group) is 1. The van der Waals surface area contributed by atoms with Gasteiger partial charge in [0, 0.05) is 38.1 Å². The smallest absolute Gasteiger partial charge is 0.246 e. The summed E-state index contributed by atoms with van der Waals surface area (Å²) in [5.41, 5.74) is 2.79. The minimum absolute atomic E-state index is 0.127. The summed E-state index contributed by atoms with van der Waals surface area (Å²) in [7, 11) is -1.55. The van der Waals surface area contributed by atoms with Crippen LogP contribution in [0.15, 0.2) is 23.4 Å². The highest BCUT2D eigenvalue weighted by molar-refractivity contribution is 7.89. The van der Waals surface area contributed by atoms with Gasteiger partial charge in [-0.25, -0.2) is 8.42 Å². The molecule has 3 N–H and O–H groups in total. The molecular formula is C12H21N5O2S. The van der Waals surface area contributed by atoms with Gasteiger partial charge in [-0.05, 0) is 19.5 Å². The van der Waals surface area contributed by atoms with E-state index < -0.39 is 10.0 Å². The van der Waals surface area contributed by atoms with Gasteiger partial charge in [0.25, 0.3) is 0 Å². The van der Waals surface area contributed by atoms with Gasteiger partial charge in [0.1, 0.15) is 4.90 Å². The van der Waals surface area contributed by atoms with Crippen LogP contribution in [0, 0.1) is 0 Å². The van der Waals surface area contributed by atoms with Crippen molar-refractivity contribution in [3.05, 3.63) is 18.5 Å². The summed E-state index contributed by atoms with van der Waals surface area (Å²) >= 11 is 0. The van der Waals surface area contributed by atoms with Gasteiger partial charge in [0.2, 0.25) is 10.0 Å². The van der Waals surface area contributed by atoms with Gasteiger partial charge in [0.05, 0.1) is 5.69 Å². The second kappa shape index (κ2) is 6.04. The maximum atomic E-state index is 12.7. The van der Waals surface area contributed by atoms with Crippen LogP contribution < -0.4 is 11.3 Å². The van der Waals surface area contributed by atoms with E-state index in [1.165, 1.54) is 16.7 Å². The quantitative estimate of drug-likeness (QED) is 0.604. The summed E-state index contributed by atoms with van der Waals surface area (Å²) < 4.78 is 26.9. The van der Waals surface area contributed by atoms with Crippen molar-refractivity contribution in [1.82, 2.24) is 14.2 Å². The zero-order valence-electron chi connectivity index (χ0n) is 11.8. The Morgan fingerprint density at radius 1 is 1.50 bits per heavy atom. The maximum absolute atomic E-state index is 12.7. The average molecular weight is 299 g/mol. The van der Waals surface area contributed by atoms with Gasteiger partial charge in [-0.2, -0.15) is 4.31 Å². The van der Waals surface area contributed by atoms with Crippen LogP contribution in [0.5, 0.6) is 0 Å². The fraction of sp³-hybridized carbons (Fsp3) is 0.583. The van der Waals surface area contributed by atoms with Gasteiger partial charge in [0.15, 0.2) is 0 Å². The van der Waals surface area contributed by atoms with Crippen molar-refractivity contribution in [2.24, 2.45) is 5.84 Å². The molecule has 0 aliphatic carbocycles. The second-order valence-electron chi connectivity index (χ2n) is 4.92. The molecule has 0 spiro atoms. The molecule has 2 rings (SSSR count). The molecule has 1 unspecified atom stereocenters. The predicted molar refractivity (Wildman–Crippen MR) is 77.5 cm³/mol. The molecule has 1 aromatic rings. The number of pyridine rings is 1. The Balaban J connectivity index is 2.31. The van der Waals surface area contributed by atoms with Crippen LogP contribution in [0.25, 0.3) is 0 Å². The van der Waals surface area contributed by atoms with Gasteiger partial charge in [-0.1, -0.05) is 6.92 Å². The first-order valence-corrected chi connectivity index (χ1v) is 8.05. The van der Waals surface area contributed by atoms with Crippen molar-refractivity contribution >= 4 is 15.7 Å². The molecule has 1 aliphatic rings. The number of hydrogen-bond acceptors (Lipinski definition) is 6. The zero-order valence-corrected chi connectivity index (χ0v) is 12.6. The fourth-order valence-electron chi connectivity index (χ4n) is 2.42. The number of nitrogens with one attached hydrogen (secondary N) is 1. The molecule has 0 aromatic carbocycles. The fourth-order valence-corrected chi connectivity index (χ4v) is 3.99. The number of anilines is 1. The van der Waals surface area contributed by atoms with Crippen molar-refractivity contribution in [2.45, 2.75) is 24.3 Å². The number of nitrogens with zero attached hydrogens (tertiary/aromatic N) is 3. The standard InChI is InChI=1S/C12H21N5O2S/c1-3-10-9-17(7-6-16(10)2)20(18,19)12-8-14-5-4-11(12)15-13/h4-5,8,10H,3,6-7,9,13H2,1-2H3,(H,14,15). The molecular weight excluding hydrogens is 278 g/mol. The first kappa shape index (κ1) is 15.2. The number of nitrogen functional groups attached to an aromatic ring is 1. The topological polar surface area (TPSA) is 91.6 Å². The Labute approximate surface area is 119 Å². The van der Waals surface area contributed by atoms with Crippen molar-refractivity contribution in [1.29, 1.82) is 0 Å². The molecule has 1 aromatic heterocycles. The molecule has 0 amide bonds. The lowest BCUT2D eigenvalue weighted by Gasteiger charge is -2.38. The van der Waals surface area contributed by atoms with E-state index in [9.17, 15) is 8.42 Å². The number of nitrogens with two attached hydrogens (primary N) is 1. The maximum Gasteiger partial charge on any atom is 0.246 e. The normalized spacial score (nSPS) is 21.9. The summed E-state index contributed by atoms with van der Waals surface area (Å²) in [5.74, 6) is 5.38. The lowest BCUT2D eigenvalue weighted by atomic mass is 10.1. The highest BCUT2D eigenvalue weighted by Gasteiger charge is 2.33. The van der Waals surface area contributed by atoms with Crippen LogP contribution in [-0.2, 0) is 10.0 Å². The Bertz CT molecular complexity index is 563. The minimum atomic E-state index is -3.57. The highest BCUT2D eigenvalue weighted by Crippen LogP contribution is 2.25. The number of piperazine rings is 1. The average Bonchev–Trinajstić information content (AvgIpc) is 2.47. The van der Waals surface area contributed by atoms with Crippen molar-refractivity contribution in [3.8, 4) is 0 Å². The molecule has 1 aliphatic heterocycles. The zero-order chi connectivity index (χ0) is 14.8. The van der Waals surface area contributed by atoms with Crippen molar-refractivity contribution in [3.63, 3.8) is 0 Å². The molecule has 2 heterocycles. The lowest BCUT2D eigenvalue weighted by Crippen LogP contribution is -2.52. The SMILES string of the molecule is CCC1CN(S(=O)(=O)c2cnccc2NN)CCN1C. The van der Waals surface area contributed by atoms with E-state index in [-0.39, 0.29) is 10.9 Å². The monoisotopic (exact) mass is 299 g/mol. The number of aromatic nitrogens is 1. The van der Waals surface area contributed by atoms with Gasteiger partial charge < -0.3 is 10.3 Å². The molecule has 0 saturated carbocycles. The first-order chi connectivity index (χ1) is 9.50. The minimum Gasteiger partial charge on any atom is -0.323 e. The summed E-state index contributed by atoms with van der Waals surface area (Å²) in [6.45, 7) is 3.76. The molecule has 7 nitrogen and oxygen atoms in total. The Hall–Kier alpha value is -1.22. The summed E-state index contributed by atoms with van der Waals surface area (Å²) in [4.78, 5) is 6.22. The summed E-state index contributed by atoms with van der Waals surface area (Å²) in [5, 5.41) is 0. The van der Waals surface area contributed by atoms with Gasteiger partial charge in [-0.15, -0.1) is 0 Å². The number of hydrogen-bond donors (Lipinski definition) is 2. The number of rotatable bonds is 4. The van der Waals surface area contributed by atoms with E-state index in [0.29, 0.717) is 18.8 Å². The second-order valence-corrected chi connectivity index (χ2v) is 6.83. The van der Waals surface area contributed by atoms with Crippen LogP contribution in [-0.4, -0.2) is 55.3 Å². The Morgan fingerprint density at radius 3 is 2.90 bits per heavy atom. The van der Waals surface area contributed by atoms with E-state index >= 15 is 0 Å². The summed E-state index contributed by atoms with van der Waals surface area (Å²) in [6.07, 6.45) is 3.76. The number of sulfonamides is 1. The van der Waals surface area contributed by atoms with E-state index in [0.717, 1.165) is 13.0 Å². The molecule has 112 valence electrons. The highest BCUT2D eigenvalue weighted by atomic mass is 32.2. The van der Waals surface area contributed by atoms with Crippen LogP contribution in [0.4, 0.5) is 5.69 Å². The third-order valence-corrected chi connectivity index (χ3v) is 5.66. The third kappa shape index (κ3) is 2.78. The molecule has 20 heavy (non-hydrogen) atoms. The predicted octanol–water partition coefficient (Wildman–Crippen LogP) is 0.0819. The van der Waals surface area contributed by atoms with E-state index in [1.54, 1.807) is 6.07 Å². The molecule has 8 heteroatoms. The molecule has 0 radical (unpaired) electrons. The molecule has 1 atom stereocenters. The summed E-state index contributed by atoms with van der Waals surface area (Å²) in [6, 6.07) is 1.80. The largest absolute Gasteiger partial charge is 0.323 e.